The zero-order valence-corrected chi connectivity index (χ0v) is 9.71. The summed E-state index contributed by atoms with van der Waals surface area (Å²) >= 11 is 0. The van der Waals surface area contributed by atoms with E-state index in [1.54, 1.807) is 13.0 Å². The van der Waals surface area contributed by atoms with E-state index in [0.717, 1.165) is 11.1 Å². The van der Waals surface area contributed by atoms with Gasteiger partial charge in [0.05, 0.1) is 5.52 Å². The molecule has 3 heteroatoms. The van der Waals surface area contributed by atoms with E-state index in [-0.39, 0.29) is 11.7 Å². The van der Waals surface area contributed by atoms with Gasteiger partial charge in [0.25, 0.3) is 0 Å². The molecular formula is C13H15FN2. The minimum Gasteiger partial charge on any atom is -0.398 e. The molecule has 0 unspecified atom stereocenters. The minimum absolute atomic E-state index is 0.236. The number of aryl methyl sites for hydroxylation is 1. The van der Waals surface area contributed by atoms with E-state index < -0.39 is 0 Å². The average molecular weight is 218 g/mol. The highest BCUT2D eigenvalue weighted by Crippen LogP contribution is 2.27. The first-order chi connectivity index (χ1) is 7.50. The van der Waals surface area contributed by atoms with Crippen LogP contribution in [0.15, 0.2) is 18.2 Å². The fraction of sp³-hybridized carbons (Fsp3) is 0.308. The van der Waals surface area contributed by atoms with Crippen LogP contribution in [0, 0.1) is 12.7 Å². The Labute approximate surface area is 94.3 Å². The summed E-state index contributed by atoms with van der Waals surface area (Å²) in [7, 11) is 0. The second kappa shape index (κ2) is 3.74. The maximum Gasteiger partial charge on any atom is 0.128 e. The molecule has 0 spiro atoms. The van der Waals surface area contributed by atoms with Crippen molar-refractivity contribution in [3.05, 3.63) is 35.3 Å². The van der Waals surface area contributed by atoms with E-state index in [1.165, 1.54) is 6.07 Å². The van der Waals surface area contributed by atoms with Crippen molar-refractivity contribution in [1.82, 2.24) is 4.98 Å². The average Bonchev–Trinajstić information content (AvgIpc) is 2.23. The molecule has 0 atom stereocenters. The van der Waals surface area contributed by atoms with Crippen LogP contribution < -0.4 is 5.73 Å². The third-order valence-corrected chi connectivity index (χ3v) is 2.81. The van der Waals surface area contributed by atoms with Gasteiger partial charge in [-0.25, -0.2) is 4.39 Å². The molecule has 0 bridgehead atoms. The summed E-state index contributed by atoms with van der Waals surface area (Å²) in [6, 6.07) is 4.99. The van der Waals surface area contributed by atoms with E-state index in [9.17, 15) is 4.39 Å². The van der Waals surface area contributed by atoms with Crippen LogP contribution in [0.1, 0.15) is 31.0 Å². The number of halogens is 1. The van der Waals surface area contributed by atoms with Gasteiger partial charge in [0.1, 0.15) is 5.82 Å². The number of fused-ring (bicyclic) bond motifs is 1. The predicted octanol–water partition coefficient (Wildman–Crippen LogP) is 3.39. The van der Waals surface area contributed by atoms with Crippen LogP contribution in [0.2, 0.25) is 0 Å². The third-order valence-electron chi connectivity index (χ3n) is 2.81. The molecule has 2 rings (SSSR count). The maximum absolute atomic E-state index is 13.4. The third kappa shape index (κ3) is 1.62. The molecule has 16 heavy (non-hydrogen) atoms. The van der Waals surface area contributed by atoms with Crippen molar-refractivity contribution in [3.63, 3.8) is 0 Å². The van der Waals surface area contributed by atoms with Crippen LogP contribution in [0.5, 0.6) is 0 Å². The molecule has 0 radical (unpaired) electrons. The highest BCUT2D eigenvalue weighted by Gasteiger charge is 2.10. The monoisotopic (exact) mass is 218 g/mol. The molecule has 0 amide bonds. The van der Waals surface area contributed by atoms with Crippen LogP contribution >= 0.6 is 0 Å². The number of hydrogen-bond acceptors (Lipinski definition) is 2. The Morgan fingerprint density at radius 1 is 1.31 bits per heavy atom. The summed E-state index contributed by atoms with van der Waals surface area (Å²) in [4.78, 5) is 4.48. The Balaban J connectivity index is 2.83. The van der Waals surface area contributed by atoms with E-state index >= 15 is 0 Å². The van der Waals surface area contributed by atoms with E-state index in [0.29, 0.717) is 16.8 Å². The van der Waals surface area contributed by atoms with Crippen molar-refractivity contribution in [2.24, 2.45) is 0 Å². The molecule has 2 N–H and O–H groups in total. The number of rotatable bonds is 1. The zero-order chi connectivity index (χ0) is 11.9. The largest absolute Gasteiger partial charge is 0.398 e. The molecule has 0 aliphatic rings. The molecular weight excluding hydrogens is 203 g/mol. The summed E-state index contributed by atoms with van der Waals surface area (Å²) in [5, 5.41) is 0.823. The zero-order valence-electron chi connectivity index (χ0n) is 9.71. The number of nitrogen functional groups attached to an aromatic ring is 1. The second-order valence-corrected chi connectivity index (χ2v) is 4.36. The maximum atomic E-state index is 13.4. The summed E-state index contributed by atoms with van der Waals surface area (Å²) in [6.07, 6.45) is 0. The standard InChI is InChI=1S/C13H15FN2/c1-7(2)12-6-11(15)9-4-5-10(14)8(3)13(9)16-12/h4-7H,1-3H3,(H2,15,16). The van der Waals surface area contributed by atoms with E-state index in [2.05, 4.69) is 4.98 Å². The first kappa shape index (κ1) is 10.9. The lowest BCUT2D eigenvalue weighted by Crippen LogP contribution is -1.99. The second-order valence-electron chi connectivity index (χ2n) is 4.36. The Kier molecular flexibility index (Phi) is 2.54. The lowest BCUT2D eigenvalue weighted by molar-refractivity contribution is 0.620. The van der Waals surface area contributed by atoms with Gasteiger partial charge in [-0.15, -0.1) is 0 Å². The van der Waals surface area contributed by atoms with Gasteiger partial charge >= 0.3 is 0 Å². The van der Waals surface area contributed by atoms with Gasteiger partial charge in [-0.3, -0.25) is 4.98 Å². The normalized spacial score (nSPS) is 11.3. The number of nitrogens with two attached hydrogens (primary N) is 1. The van der Waals surface area contributed by atoms with Crippen molar-refractivity contribution in [2.75, 3.05) is 5.73 Å². The predicted molar refractivity (Wildman–Crippen MR) is 64.9 cm³/mol. The number of benzene rings is 1. The van der Waals surface area contributed by atoms with Crippen LogP contribution in [0.4, 0.5) is 10.1 Å². The number of aromatic nitrogens is 1. The Morgan fingerprint density at radius 2 is 2.00 bits per heavy atom. The number of hydrogen-bond donors (Lipinski definition) is 1. The van der Waals surface area contributed by atoms with Crippen molar-refractivity contribution >= 4 is 16.6 Å². The molecule has 2 nitrogen and oxygen atoms in total. The van der Waals surface area contributed by atoms with Crippen LogP contribution in [0.25, 0.3) is 10.9 Å². The van der Waals surface area contributed by atoms with Gasteiger partial charge in [0, 0.05) is 22.3 Å². The Morgan fingerprint density at radius 3 is 2.62 bits per heavy atom. The van der Waals surface area contributed by atoms with E-state index in [1.807, 2.05) is 19.9 Å². The van der Waals surface area contributed by atoms with Gasteiger partial charge in [0.2, 0.25) is 0 Å². The smallest absolute Gasteiger partial charge is 0.128 e. The van der Waals surface area contributed by atoms with Gasteiger partial charge in [-0.1, -0.05) is 13.8 Å². The molecule has 0 saturated heterocycles. The summed E-state index contributed by atoms with van der Waals surface area (Å²) in [5.74, 6) is 0.0506. The molecule has 84 valence electrons. The van der Waals surface area contributed by atoms with Crippen molar-refractivity contribution in [2.45, 2.75) is 26.7 Å². The molecule has 1 aromatic heterocycles. The van der Waals surface area contributed by atoms with E-state index in [4.69, 9.17) is 5.73 Å². The molecule has 0 fully saturated rings. The van der Waals surface area contributed by atoms with Gasteiger partial charge < -0.3 is 5.73 Å². The summed E-state index contributed by atoms with van der Waals surface area (Å²) in [6.45, 7) is 5.82. The number of anilines is 1. The van der Waals surface area contributed by atoms with Crippen molar-refractivity contribution in [1.29, 1.82) is 0 Å². The summed E-state index contributed by atoms with van der Waals surface area (Å²) in [5.41, 5.74) is 8.75. The van der Waals surface area contributed by atoms with Crippen LogP contribution in [-0.2, 0) is 0 Å². The van der Waals surface area contributed by atoms with Gasteiger partial charge in [-0.2, -0.15) is 0 Å². The highest BCUT2D eigenvalue weighted by molar-refractivity contribution is 5.92. The quantitative estimate of drug-likeness (QED) is 0.796. The molecule has 0 aliphatic heterocycles. The van der Waals surface area contributed by atoms with Crippen molar-refractivity contribution < 1.29 is 4.39 Å². The van der Waals surface area contributed by atoms with Crippen LogP contribution in [0.3, 0.4) is 0 Å². The number of pyridine rings is 1. The SMILES string of the molecule is Cc1c(F)ccc2c(N)cc(C(C)C)nc12. The Bertz CT molecular complexity index is 547. The molecule has 1 aromatic carbocycles. The summed E-state index contributed by atoms with van der Waals surface area (Å²) < 4.78 is 13.4. The topological polar surface area (TPSA) is 38.9 Å². The van der Waals surface area contributed by atoms with Crippen molar-refractivity contribution in [3.8, 4) is 0 Å². The number of nitrogens with zero attached hydrogens (tertiary/aromatic N) is 1. The van der Waals surface area contributed by atoms with Crippen LogP contribution in [-0.4, -0.2) is 4.98 Å². The lowest BCUT2D eigenvalue weighted by Gasteiger charge is -2.10. The fourth-order valence-electron chi connectivity index (χ4n) is 1.75. The minimum atomic E-state index is -0.236. The first-order valence-electron chi connectivity index (χ1n) is 5.36. The molecule has 0 saturated carbocycles. The lowest BCUT2D eigenvalue weighted by atomic mass is 10.0. The van der Waals surface area contributed by atoms with Gasteiger partial charge in [-0.05, 0) is 31.0 Å². The Hall–Kier alpha value is -1.64. The molecule has 1 heterocycles. The molecule has 2 aromatic rings. The molecule has 0 aliphatic carbocycles. The fourth-order valence-corrected chi connectivity index (χ4v) is 1.75. The highest BCUT2D eigenvalue weighted by atomic mass is 19.1. The first-order valence-corrected chi connectivity index (χ1v) is 5.36. The van der Waals surface area contributed by atoms with Gasteiger partial charge in [0.15, 0.2) is 0 Å².